The van der Waals surface area contributed by atoms with Crippen molar-refractivity contribution in [3.05, 3.63) is 52.1 Å². The van der Waals surface area contributed by atoms with Gasteiger partial charge in [-0.25, -0.2) is 0 Å². The van der Waals surface area contributed by atoms with Crippen LogP contribution in [0.1, 0.15) is 11.3 Å². The lowest BCUT2D eigenvalue weighted by atomic mass is 10.2. The van der Waals surface area contributed by atoms with Crippen LogP contribution < -0.4 is 4.90 Å². The molecule has 5 heteroatoms. The summed E-state index contributed by atoms with van der Waals surface area (Å²) >= 11 is 9.15. The molecule has 0 bridgehead atoms. The van der Waals surface area contributed by atoms with E-state index in [-0.39, 0.29) is 0 Å². The maximum Gasteiger partial charge on any atom is 0.151 e. The summed E-state index contributed by atoms with van der Waals surface area (Å²) in [6, 6.07) is 12.0. The largest absolute Gasteiger partial charge is 0.354 e. The van der Waals surface area contributed by atoms with Gasteiger partial charge in [0.25, 0.3) is 0 Å². The van der Waals surface area contributed by atoms with Crippen LogP contribution in [-0.2, 0) is 12.4 Å². The number of hydrogen-bond donors (Lipinski definition) is 0. The van der Waals surface area contributed by atoms with Crippen LogP contribution in [0.3, 0.4) is 0 Å². The molecule has 94 valence electrons. The normalized spacial score (nSPS) is 10.4. The Morgan fingerprint density at radius 1 is 1.22 bits per heavy atom. The van der Waals surface area contributed by atoms with Crippen LogP contribution in [0.4, 0.5) is 5.82 Å². The van der Waals surface area contributed by atoms with Crippen LogP contribution in [-0.4, -0.2) is 17.2 Å². The van der Waals surface area contributed by atoms with Crippen molar-refractivity contribution in [2.24, 2.45) is 0 Å². The number of benzene rings is 1. The molecule has 1 aromatic heterocycles. The molecular weight excluding hydrogens is 314 g/mol. The second kappa shape index (κ2) is 6.16. The first kappa shape index (κ1) is 13.3. The second-order valence-electron chi connectivity index (χ2n) is 4.00. The van der Waals surface area contributed by atoms with Crippen molar-refractivity contribution in [1.29, 1.82) is 0 Å². The highest BCUT2D eigenvalue weighted by Crippen LogP contribution is 2.16. The van der Waals surface area contributed by atoms with Gasteiger partial charge in [-0.2, -0.15) is 5.10 Å². The summed E-state index contributed by atoms with van der Waals surface area (Å²) in [6.07, 6.45) is 0. The first-order chi connectivity index (χ1) is 8.69. The molecule has 0 unspecified atom stereocenters. The molecule has 0 atom stereocenters. The van der Waals surface area contributed by atoms with Crippen LogP contribution in [0, 0.1) is 0 Å². The van der Waals surface area contributed by atoms with Gasteiger partial charge in [-0.15, -0.1) is 16.7 Å². The van der Waals surface area contributed by atoms with Gasteiger partial charge in [0.15, 0.2) is 5.82 Å². The minimum absolute atomic E-state index is 0.391. The quantitative estimate of drug-likeness (QED) is 0.804. The smallest absolute Gasteiger partial charge is 0.151 e. The molecule has 2 rings (SSSR count). The fourth-order valence-electron chi connectivity index (χ4n) is 1.62. The third-order valence-corrected chi connectivity index (χ3v) is 3.31. The predicted octanol–water partition coefficient (Wildman–Crippen LogP) is 3.61. The molecular formula is C13H13BrClN3. The van der Waals surface area contributed by atoms with Gasteiger partial charge in [0, 0.05) is 18.1 Å². The maximum absolute atomic E-state index is 5.68. The zero-order valence-corrected chi connectivity index (χ0v) is 12.3. The monoisotopic (exact) mass is 325 g/mol. The van der Waals surface area contributed by atoms with E-state index in [1.807, 2.05) is 36.2 Å². The predicted molar refractivity (Wildman–Crippen MR) is 77.8 cm³/mol. The molecule has 0 aliphatic rings. The van der Waals surface area contributed by atoms with Gasteiger partial charge in [-0.1, -0.05) is 28.1 Å². The molecule has 0 aliphatic heterocycles. The highest BCUT2D eigenvalue weighted by molar-refractivity contribution is 9.10. The molecule has 0 N–H and O–H groups in total. The molecule has 1 heterocycles. The lowest BCUT2D eigenvalue weighted by Gasteiger charge is -2.17. The van der Waals surface area contributed by atoms with Gasteiger partial charge in [0.2, 0.25) is 0 Å². The molecule has 0 saturated carbocycles. The van der Waals surface area contributed by atoms with Gasteiger partial charge in [0.1, 0.15) is 0 Å². The third kappa shape index (κ3) is 3.43. The van der Waals surface area contributed by atoms with E-state index >= 15 is 0 Å². The first-order valence-electron chi connectivity index (χ1n) is 5.53. The Morgan fingerprint density at radius 3 is 2.67 bits per heavy atom. The van der Waals surface area contributed by atoms with E-state index in [1.54, 1.807) is 0 Å². The zero-order chi connectivity index (χ0) is 13.0. The van der Waals surface area contributed by atoms with Gasteiger partial charge in [0.05, 0.1) is 11.6 Å². The summed E-state index contributed by atoms with van der Waals surface area (Å²) in [7, 11) is 1.99. The van der Waals surface area contributed by atoms with Gasteiger partial charge >= 0.3 is 0 Å². The lowest BCUT2D eigenvalue weighted by molar-refractivity contribution is 0.854. The van der Waals surface area contributed by atoms with Crippen molar-refractivity contribution in [2.75, 3.05) is 11.9 Å². The van der Waals surface area contributed by atoms with E-state index in [2.05, 4.69) is 38.3 Å². The molecule has 18 heavy (non-hydrogen) atoms. The highest BCUT2D eigenvalue weighted by atomic mass is 79.9. The number of halogens is 2. The van der Waals surface area contributed by atoms with E-state index in [4.69, 9.17) is 11.6 Å². The van der Waals surface area contributed by atoms with Crippen molar-refractivity contribution in [1.82, 2.24) is 10.2 Å². The summed E-state index contributed by atoms with van der Waals surface area (Å²) in [5.74, 6) is 1.23. The summed E-state index contributed by atoms with van der Waals surface area (Å²) in [4.78, 5) is 2.05. The maximum atomic E-state index is 5.68. The molecule has 0 fully saturated rings. The Morgan fingerprint density at radius 2 is 2.06 bits per heavy atom. The topological polar surface area (TPSA) is 29.0 Å². The van der Waals surface area contributed by atoms with E-state index in [0.29, 0.717) is 5.88 Å². The molecule has 0 saturated heterocycles. The van der Waals surface area contributed by atoms with Crippen molar-refractivity contribution in [3.8, 4) is 0 Å². The van der Waals surface area contributed by atoms with Crippen LogP contribution in [0.15, 0.2) is 40.9 Å². The van der Waals surface area contributed by atoms with Gasteiger partial charge in [-0.05, 0) is 29.8 Å². The number of rotatable bonds is 4. The Hall–Kier alpha value is -1.13. The van der Waals surface area contributed by atoms with Crippen LogP contribution in [0.2, 0.25) is 0 Å². The van der Waals surface area contributed by atoms with Gasteiger partial charge < -0.3 is 4.90 Å². The number of hydrogen-bond acceptors (Lipinski definition) is 3. The minimum atomic E-state index is 0.391. The number of alkyl halides is 1. The molecule has 0 amide bonds. The Balaban J connectivity index is 2.09. The van der Waals surface area contributed by atoms with Crippen molar-refractivity contribution in [3.63, 3.8) is 0 Å². The first-order valence-corrected chi connectivity index (χ1v) is 6.86. The summed E-state index contributed by atoms with van der Waals surface area (Å²) < 4.78 is 1.08. The van der Waals surface area contributed by atoms with Crippen LogP contribution in [0.25, 0.3) is 0 Å². The molecule has 0 radical (unpaired) electrons. The molecule has 1 aromatic carbocycles. The standard InChI is InChI=1S/C13H13BrClN3/c1-18(9-10-3-2-4-11(14)7-10)13-6-5-12(8-15)16-17-13/h2-7H,8-9H2,1H3. The molecule has 0 spiro atoms. The van der Waals surface area contributed by atoms with Crippen LogP contribution in [0.5, 0.6) is 0 Å². The average molecular weight is 327 g/mol. The van der Waals surface area contributed by atoms with Gasteiger partial charge in [-0.3, -0.25) is 0 Å². The van der Waals surface area contributed by atoms with E-state index in [0.717, 1.165) is 22.5 Å². The summed E-state index contributed by atoms with van der Waals surface area (Å²) in [5.41, 5.74) is 2.01. The van der Waals surface area contributed by atoms with Crippen molar-refractivity contribution >= 4 is 33.3 Å². The molecule has 3 nitrogen and oxygen atoms in total. The SMILES string of the molecule is CN(Cc1cccc(Br)c1)c1ccc(CCl)nn1. The zero-order valence-electron chi connectivity index (χ0n) is 9.98. The fourth-order valence-corrected chi connectivity index (χ4v) is 2.21. The third-order valence-electron chi connectivity index (χ3n) is 2.54. The summed E-state index contributed by atoms with van der Waals surface area (Å²) in [6.45, 7) is 0.786. The number of anilines is 1. The van der Waals surface area contributed by atoms with E-state index < -0.39 is 0 Å². The highest BCUT2D eigenvalue weighted by Gasteiger charge is 2.04. The molecule has 0 aliphatic carbocycles. The minimum Gasteiger partial charge on any atom is -0.354 e. The Kier molecular flexibility index (Phi) is 4.55. The fraction of sp³-hybridized carbons (Fsp3) is 0.231. The molecule has 2 aromatic rings. The van der Waals surface area contributed by atoms with E-state index in [9.17, 15) is 0 Å². The Labute approximate surface area is 120 Å². The average Bonchev–Trinajstić information content (AvgIpc) is 2.39. The van der Waals surface area contributed by atoms with E-state index in [1.165, 1.54) is 5.56 Å². The van der Waals surface area contributed by atoms with Crippen LogP contribution >= 0.6 is 27.5 Å². The number of aromatic nitrogens is 2. The van der Waals surface area contributed by atoms with Crippen molar-refractivity contribution in [2.45, 2.75) is 12.4 Å². The Bertz CT molecular complexity index is 516. The number of nitrogens with zero attached hydrogens (tertiary/aromatic N) is 3. The van der Waals surface area contributed by atoms with Crippen molar-refractivity contribution < 1.29 is 0 Å². The summed E-state index contributed by atoms with van der Waals surface area (Å²) in [5, 5.41) is 8.19. The second-order valence-corrected chi connectivity index (χ2v) is 5.19. The lowest BCUT2D eigenvalue weighted by Crippen LogP contribution is -2.18.